The van der Waals surface area contributed by atoms with Gasteiger partial charge in [-0.3, -0.25) is 0 Å². The smallest absolute Gasteiger partial charge is 0.113 e. The van der Waals surface area contributed by atoms with E-state index in [1.54, 1.807) is 0 Å². The van der Waals surface area contributed by atoms with Crippen LogP contribution >= 0.6 is 0 Å². The monoisotopic (exact) mass is 251 g/mol. The Morgan fingerprint density at radius 2 is 1.47 bits per heavy atom. The largest absolute Gasteiger partial charge is 0.180 e. The van der Waals surface area contributed by atoms with Crippen molar-refractivity contribution in [1.82, 2.24) is 15.0 Å². The minimum absolute atomic E-state index is 0.315. The second kappa shape index (κ2) is 5.22. The number of hydrogen-bond acceptors (Lipinski definition) is 2. The molecule has 3 rings (SSSR count). The number of fused-ring (bicyclic) bond motifs is 1. The molecule has 0 amide bonds. The molecule has 0 radical (unpaired) electrons. The van der Waals surface area contributed by atoms with E-state index >= 15 is 0 Å². The van der Waals surface area contributed by atoms with Crippen LogP contribution in [0.1, 0.15) is 24.9 Å². The number of rotatable bonds is 4. The maximum absolute atomic E-state index is 4.59. The fourth-order valence-electron chi connectivity index (χ4n) is 2.32. The van der Waals surface area contributed by atoms with E-state index in [2.05, 4.69) is 41.4 Å². The van der Waals surface area contributed by atoms with Gasteiger partial charge in [0.2, 0.25) is 0 Å². The first-order chi connectivity index (χ1) is 9.36. The normalized spacial score (nSPS) is 12.7. The van der Waals surface area contributed by atoms with Crippen molar-refractivity contribution in [1.29, 1.82) is 0 Å². The first-order valence-electron chi connectivity index (χ1n) is 6.72. The van der Waals surface area contributed by atoms with Crippen molar-refractivity contribution < 1.29 is 0 Å². The molecule has 3 aromatic rings. The van der Waals surface area contributed by atoms with Crippen LogP contribution in [0, 0.1) is 0 Å². The molecule has 0 aliphatic heterocycles. The molecule has 0 N–H and O–H groups in total. The summed E-state index contributed by atoms with van der Waals surface area (Å²) in [7, 11) is 0. The van der Waals surface area contributed by atoms with Crippen LogP contribution in [0.3, 0.4) is 0 Å². The maximum Gasteiger partial charge on any atom is 0.113 e. The molecule has 3 nitrogen and oxygen atoms in total. The second-order valence-electron chi connectivity index (χ2n) is 4.76. The highest BCUT2D eigenvalue weighted by Crippen LogP contribution is 2.18. The van der Waals surface area contributed by atoms with Crippen LogP contribution in [-0.4, -0.2) is 15.0 Å². The van der Waals surface area contributed by atoms with Gasteiger partial charge in [0.15, 0.2) is 0 Å². The molecule has 0 saturated heterocycles. The molecule has 1 unspecified atom stereocenters. The molecule has 19 heavy (non-hydrogen) atoms. The van der Waals surface area contributed by atoms with Gasteiger partial charge in [-0.1, -0.05) is 49.4 Å². The SMILES string of the molecule is CCC(Cc1ccccc1)n1nc2ccccc2n1. The Labute approximate surface area is 112 Å². The fourth-order valence-corrected chi connectivity index (χ4v) is 2.32. The Kier molecular flexibility index (Phi) is 3.27. The molecule has 0 saturated carbocycles. The summed E-state index contributed by atoms with van der Waals surface area (Å²) in [4.78, 5) is 1.87. The lowest BCUT2D eigenvalue weighted by atomic mass is 10.0. The topological polar surface area (TPSA) is 30.7 Å². The fraction of sp³-hybridized carbons (Fsp3) is 0.250. The lowest BCUT2D eigenvalue weighted by Crippen LogP contribution is -2.14. The molecule has 1 aromatic heterocycles. The van der Waals surface area contributed by atoms with Gasteiger partial charge in [0.25, 0.3) is 0 Å². The highest BCUT2D eigenvalue weighted by molar-refractivity contribution is 5.72. The third kappa shape index (κ3) is 2.50. The summed E-state index contributed by atoms with van der Waals surface area (Å²) < 4.78 is 0. The summed E-state index contributed by atoms with van der Waals surface area (Å²) in [6.45, 7) is 2.18. The lowest BCUT2D eigenvalue weighted by molar-refractivity contribution is 0.394. The van der Waals surface area contributed by atoms with Gasteiger partial charge in [0, 0.05) is 0 Å². The van der Waals surface area contributed by atoms with E-state index < -0.39 is 0 Å². The van der Waals surface area contributed by atoms with Crippen LogP contribution in [0.5, 0.6) is 0 Å². The van der Waals surface area contributed by atoms with Gasteiger partial charge in [-0.25, -0.2) is 0 Å². The predicted molar refractivity (Wildman–Crippen MR) is 77.0 cm³/mol. The summed E-state index contributed by atoms with van der Waals surface area (Å²) in [5.74, 6) is 0. The van der Waals surface area contributed by atoms with Crippen molar-refractivity contribution in [3.8, 4) is 0 Å². The van der Waals surface area contributed by atoms with Gasteiger partial charge in [-0.05, 0) is 30.5 Å². The van der Waals surface area contributed by atoms with E-state index in [0.29, 0.717) is 6.04 Å². The summed E-state index contributed by atoms with van der Waals surface area (Å²) in [5, 5.41) is 9.17. The molecule has 0 fully saturated rings. The average molecular weight is 251 g/mol. The van der Waals surface area contributed by atoms with Gasteiger partial charge in [-0.15, -0.1) is 0 Å². The molecule has 3 heteroatoms. The predicted octanol–water partition coefficient (Wildman–Crippen LogP) is 3.63. The molecular weight excluding hydrogens is 234 g/mol. The van der Waals surface area contributed by atoms with E-state index in [4.69, 9.17) is 0 Å². The molecule has 0 aliphatic rings. The average Bonchev–Trinajstić information content (AvgIpc) is 2.89. The van der Waals surface area contributed by atoms with Crippen molar-refractivity contribution in [2.45, 2.75) is 25.8 Å². The molecule has 1 heterocycles. The van der Waals surface area contributed by atoms with E-state index in [1.807, 2.05) is 35.1 Å². The van der Waals surface area contributed by atoms with Crippen LogP contribution in [0.2, 0.25) is 0 Å². The third-order valence-corrected chi connectivity index (χ3v) is 3.41. The van der Waals surface area contributed by atoms with E-state index in [9.17, 15) is 0 Å². The van der Waals surface area contributed by atoms with Crippen LogP contribution in [0.15, 0.2) is 54.6 Å². The zero-order chi connectivity index (χ0) is 13.1. The maximum atomic E-state index is 4.59. The molecule has 0 bridgehead atoms. The van der Waals surface area contributed by atoms with E-state index in [-0.39, 0.29) is 0 Å². The third-order valence-electron chi connectivity index (χ3n) is 3.41. The van der Waals surface area contributed by atoms with E-state index in [0.717, 1.165) is 23.9 Å². The van der Waals surface area contributed by atoms with Gasteiger partial charge in [-0.2, -0.15) is 15.0 Å². The van der Waals surface area contributed by atoms with Crippen molar-refractivity contribution in [2.24, 2.45) is 0 Å². The van der Waals surface area contributed by atoms with Crippen LogP contribution in [0.4, 0.5) is 0 Å². The van der Waals surface area contributed by atoms with Gasteiger partial charge >= 0.3 is 0 Å². The van der Waals surface area contributed by atoms with Crippen LogP contribution in [0.25, 0.3) is 11.0 Å². The Morgan fingerprint density at radius 1 is 0.895 bits per heavy atom. The van der Waals surface area contributed by atoms with E-state index in [1.165, 1.54) is 5.56 Å². The number of hydrogen-bond donors (Lipinski definition) is 0. The van der Waals surface area contributed by atoms with Crippen molar-refractivity contribution >= 4 is 11.0 Å². The van der Waals surface area contributed by atoms with Crippen molar-refractivity contribution in [3.05, 3.63) is 60.2 Å². The summed E-state index contributed by atoms with van der Waals surface area (Å²) in [6, 6.07) is 18.9. The van der Waals surface area contributed by atoms with Crippen LogP contribution < -0.4 is 0 Å². The minimum Gasteiger partial charge on any atom is -0.180 e. The minimum atomic E-state index is 0.315. The second-order valence-corrected chi connectivity index (χ2v) is 4.76. The Bertz CT molecular complexity index is 625. The van der Waals surface area contributed by atoms with Crippen molar-refractivity contribution in [2.75, 3.05) is 0 Å². The summed E-state index contributed by atoms with van der Waals surface area (Å²) >= 11 is 0. The number of aromatic nitrogens is 3. The molecule has 2 aromatic carbocycles. The first-order valence-corrected chi connectivity index (χ1v) is 6.72. The summed E-state index contributed by atoms with van der Waals surface area (Å²) in [6.07, 6.45) is 1.99. The highest BCUT2D eigenvalue weighted by atomic mass is 15.5. The molecule has 0 aliphatic carbocycles. The number of nitrogens with zero attached hydrogens (tertiary/aromatic N) is 3. The van der Waals surface area contributed by atoms with Gasteiger partial charge < -0.3 is 0 Å². The standard InChI is InChI=1S/C16H17N3/c1-2-14(12-13-8-4-3-5-9-13)19-17-15-10-6-7-11-16(15)18-19/h3-11,14H,2,12H2,1H3. The lowest BCUT2D eigenvalue weighted by Gasteiger charge is -2.13. The van der Waals surface area contributed by atoms with Crippen LogP contribution in [-0.2, 0) is 6.42 Å². The zero-order valence-corrected chi connectivity index (χ0v) is 11.0. The molecule has 0 spiro atoms. The highest BCUT2D eigenvalue weighted by Gasteiger charge is 2.13. The Balaban J connectivity index is 1.89. The van der Waals surface area contributed by atoms with Crippen molar-refractivity contribution in [3.63, 3.8) is 0 Å². The Hall–Kier alpha value is -2.16. The molecule has 1 atom stereocenters. The Morgan fingerprint density at radius 3 is 2.05 bits per heavy atom. The molecular formula is C16H17N3. The quantitative estimate of drug-likeness (QED) is 0.709. The van der Waals surface area contributed by atoms with Gasteiger partial charge in [0.1, 0.15) is 11.0 Å². The number of benzene rings is 2. The zero-order valence-electron chi connectivity index (χ0n) is 11.0. The molecule has 96 valence electrons. The summed E-state index contributed by atoms with van der Waals surface area (Å²) in [5.41, 5.74) is 3.26. The van der Waals surface area contributed by atoms with Gasteiger partial charge in [0.05, 0.1) is 6.04 Å². The first kappa shape index (κ1) is 11.9.